The number of fused-ring (bicyclic) bond motifs is 12. The molecule has 0 aliphatic carbocycles. The van der Waals surface area contributed by atoms with E-state index in [0.717, 1.165) is 33.4 Å². The van der Waals surface area contributed by atoms with Crippen LogP contribution in [0.25, 0.3) is 0 Å². The lowest BCUT2D eigenvalue weighted by atomic mass is 10.2. The van der Waals surface area contributed by atoms with Crippen molar-refractivity contribution in [3.05, 3.63) is 361 Å². The summed E-state index contributed by atoms with van der Waals surface area (Å²) in [6, 6.07) is 103. The Bertz CT molecular complexity index is 6170. The topological polar surface area (TPSA) is 317 Å². The van der Waals surface area contributed by atoms with Crippen molar-refractivity contribution in [3.8, 4) is 34.5 Å². The molecular formula is C84H66N27O12P3. The van der Waals surface area contributed by atoms with Gasteiger partial charge in [-0.25, -0.2) is 30.1 Å². The third-order valence-corrected chi connectivity index (χ3v) is 28.8. The van der Waals surface area contributed by atoms with Crippen LogP contribution in [0, 0.1) is 0 Å². The van der Waals surface area contributed by atoms with Gasteiger partial charge >= 0.3 is 24.6 Å². The Kier molecular flexibility index (Phi) is 17.9. The van der Waals surface area contributed by atoms with Gasteiger partial charge < -0.3 is 56.2 Å². The van der Waals surface area contributed by atoms with Gasteiger partial charge in [0.25, 0.3) is 38.1 Å². The van der Waals surface area contributed by atoms with Gasteiger partial charge in [-0.3, -0.25) is 0 Å². The predicted octanol–water partition coefficient (Wildman–Crippen LogP) is 19.8. The Morgan fingerprint density at radius 3 is 0.714 bits per heavy atom. The molecule has 14 unspecified atom stereocenters. The lowest BCUT2D eigenvalue weighted by Crippen LogP contribution is -2.37. The fraction of sp³-hybridized carbons (Fsp3) is 0.143. The van der Waals surface area contributed by atoms with E-state index in [1.807, 2.05) is 321 Å². The lowest BCUT2D eigenvalue weighted by molar-refractivity contribution is -0.0293. The fourth-order valence-electron chi connectivity index (χ4n) is 16.1. The summed E-state index contributed by atoms with van der Waals surface area (Å²) in [5.41, 5.74) is 9.44. The third kappa shape index (κ3) is 12.8. The highest BCUT2D eigenvalue weighted by molar-refractivity contribution is 7.78. The minimum Gasteiger partial charge on any atom is -0.440 e. The molecular weight excluding hydrogens is 1670 g/mol. The maximum atomic E-state index is 7.79. The zero-order valence-electron chi connectivity index (χ0n) is 65.4. The third-order valence-electron chi connectivity index (χ3n) is 22.0. The van der Waals surface area contributed by atoms with Crippen molar-refractivity contribution in [3.63, 3.8) is 0 Å². The van der Waals surface area contributed by atoms with Crippen molar-refractivity contribution < 1.29 is 56.2 Å². The van der Waals surface area contributed by atoms with Crippen molar-refractivity contribution >= 4 is 58.7 Å². The van der Waals surface area contributed by atoms with Gasteiger partial charge in [0.1, 0.15) is 34.5 Å². The van der Waals surface area contributed by atoms with Gasteiger partial charge in [0, 0.05) is 42.6 Å². The Hall–Kier alpha value is -14.6. The van der Waals surface area contributed by atoms with Crippen LogP contribution < -0.4 is 57.8 Å². The summed E-state index contributed by atoms with van der Waals surface area (Å²) in [5, 5.41) is 75.6. The fourth-order valence-corrected chi connectivity index (χ4v) is 23.6. The van der Waals surface area contributed by atoms with Crippen LogP contribution in [0.4, 0.5) is 34.1 Å². The molecule has 39 nitrogen and oxygen atoms in total. The molecule has 13 aliphatic heterocycles. The summed E-state index contributed by atoms with van der Waals surface area (Å²) >= 11 is 0. The van der Waals surface area contributed by atoms with E-state index in [1.54, 1.807) is 71.7 Å². The van der Waals surface area contributed by atoms with Crippen molar-refractivity contribution in [2.24, 2.45) is 66.5 Å². The summed E-state index contributed by atoms with van der Waals surface area (Å²) < 4.78 is 78.7. The first-order chi connectivity index (χ1) is 62.3. The van der Waals surface area contributed by atoms with Crippen molar-refractivity contribution in [1.29, 1.82) is 0 Å². The van der Waals surface area contributed by atoms with Crippen molar-refractivity contribution in [2.45, 2.75) is 75.5 Å². The molecule has 12 aromatic rings. The van der Waals surface area contributed by atoms with E-state index in [2.05, 4.69) is 62.0 Å². The number of hydrogen-bond acceptors (Lipinski definition) is 39. The van der Waals surface area contributed by atoms with Gasteiger partial charge in [-0.05, 0) is 177 Å². The summed E-state index contributed by atoms with van der Waals surface area (Å²) in [7, 11) is -10.1. The molecule has 6 fully saturated rings. The Morgan fingerprint density at radius 2 is 0.460 bits per heavy atom. The first kappa shape index (κ1) is 74.1. The maximum absolute atomic E-state index is 7.79. The molecule has 12 aromatic carbocycles. The first-order valence-corrected chi connectivity index (χ1v) is 43.9. The average Bonchev–Trinajstić information content (AvgIpc) is 1.37. The van der Waals surface area contributed by atoms with E-state index in [1.165, 1.54) is 4.60 Å². The molecule has 0 N–H and O–H groups in total. The van der Waals surface area contributed by atoms with Crippen LogP contribution in [-0.2, 0) is 28.4 Å². The molecule has 0 spiro atoms. The highest BCUT2D eigenvalue weighted by atomic mass is 31.3. The zero-order valence-corrected chi connectivity index (χ0v) is 68.1. The quantitative estimate of drug-likeness (QED) is 0.0507. The van der Waals surface area contributed by atoms with Gasteiger partial charge in [0.05, 0.1) is 34.1 Å². The molecule has 0 radical (unpaired) electrons. The normalized spacial score (nSPS) is 27.0. The van der Waals surface area contributed by atoms with Gasteiger partial charge in [-0.15, -0.1) is 65.9 Å². The number of rotatable bonds is 24. The molecule has 25 rings (SSSR count). The van der Waals surface area contributed by atoms with Gasteiger partial charge in [0.15, 0.2) is 37.4 Å². The van der Waals surface area contributed by atoms with Gasteiger partial charge in [-0.2, -0.15) is 0 Å². The summed E-state index contributed by atoms with van der Waals surface area (Å²) in [5.74, 6) is 1.73. The van der Waals surface area contributed by atoms with E-state index in [9.17, 15) is 0 Å². The molecule has 0 saturated carbocycles. The summed E-state index contributed by atoms with van der Waals surface area (Å²) in [4.78, 5) is 15.1. The Morgan fingerprint density at radius 1 is 0.238 bits per heavy atom. The predicted molar refractivity (Wildman–Crippen MR) is 449 cm³/mol. The largest absolute Gasteiger partial charge is 0.447 e. The Balaban J connectivity index is 0.646. The van der Waals surface area contributed by atoms with E-state index in [0.29, 0.717) is 51.4 Å². The summed E-state index contributed by atoms with van der Waals surface area (Å²) in [6.07, 6.45) is -7.99. The second kappa shape index (κ2) is 30.4. The molecule has 42 heteroatoms. The lowest BCUT2D eigenvalue weighted by Gasteiger charge is -2.43. The molecule has 624 valence electrons. The van der Waals surface area contributed by atoms with Crippen LogP contribution >= 0.6 is 24.6 Å². The number of hydrazine groups is 6. The molecule has 13 aliphatic rings. The van der Waals surface area contributed by atoms with Crippen LogP contribution in [0.2, 0.25) is 0 Å². The van der Waals surface area contributed by atoms with E-state index in [-0.39, 0.29) is 17.2 Å². The van der Waals surface area contributed by atoms with Gasteiger partial charge in [-0.1, -0.05) is 182 Å². The molecule has 0 amide bonds. The SMILES string of the molecule is c1ccc(C2OC3N=NN2N3c2ccc(ON3P(Oc4ccc(N5C6N=NN5C(c5ccccc5)O6)cc4)N=P(Oc4ccc(N5C6N=NN5C(c5ccccc5)O6)cc4)(Oc4ccc(N5C6N=NN5C(c5ccccc5)O6)cc4)N(Oc4ccc(N5C6N=NN5C(c5ccccc5)O6)cc4)P3Oc3ccc(N4C5N=NN4C(c4ccccc4)O5)cc3)cc2)cc1. The van der Waals surface area contributed by atoms with E-state index in [4.69, 9.17) is 60.7 Å². The molecule has 13 heterocycles. The second-order valence-electron chi connectivity index (χ2n) is 29.7. The highest BCUT2D eigenvalue weighted by Crippen LogP contribution is 2.78. The minimum atomic E-state index is -4.61. The molecule has 0 aromatic heterocycles. The second-order valence-corrected chi connectivity index (χ2v) is 35.2. The van der Waals surface area contributed by atoms with Crippen LogP contribution in [0.15, 0.2) is 394 Å². The number of nitrogens with zero attached hydrogens (tertiary/aromatic N) is 27. The van der Waals surface area contributed by atoms with Crippen molar-refractivity contribution in [2.75, 3.05) is 30.1 Å². The number of hydrogen-bond donors (Lipinski definition) is 0. The smallest absolute Gasteiger partial charge is 0.440 e. The molecule has 6 saturated heterocycles. The van der Waals surface area contributed by atoms with Crippen LogP contribution in [-0.4, -0.2) is 78.0 Å². The minimum absolute atomic E-state index is 0.258. The zero-order chi connectivity index (χ0) is 82.9. The summed E-state index contributed by atoms with van der Waals surface area (Å²) in [6.45, 7) is 0. The number of benzene rings is 12. The van der Waals surface area contributed by atoms with Crippen LogP contribution in [0.1, 0.15) is 70.7 Å². The number of ether oxygens (including phenoxy) is 6. The van der Waals surface area contributed by atoms with Crippen LogP contribution in [0.3, 0.4) is 0 Å². The van der Waals surface area contributed by atoms with Gasteiger partial charge in [0.2, 0.25) is 0 Å². The molecule has 126 heavy (non-hydrogen) atoms. The monoisotopic (exact) mass is 1740 g/mol. The van der Waals surface area contributed by atoms with E-state index < -0.39 is 100 Å². The van der Waals surface area contributed by atoms with E-state index >= 15 is 0 Å². The number of anilines is 6. The first-order valence-electron chi connectivity index (χ1n) is 40.1. The molecule has 12 bridgehead atoms. The molecule has 14 atom stereocenters. The van der Waals surface area contributed by atoms with Crippen molar-refractivity contribution in [1.82, 2.24) is 39.9 Å². The Labute approximate surface area is 718 Å². The standard InChI is InChI=1S/C84H66N27O12P3/c1-7-19-55(20-8-1)73-104-91-85-79(112-73)98(104)61-31-43-67(44-32-61)118-110-124(120-69-47-35-63(36-48-69)100-81-87-93-106(100)75(114-81)57-23-11-3-12-24-57)97-126(122-71-51-39-65(40-52-71)102-83-89-95-108(102)77(116-83)59-27-15-5-16-28-59,123-72-53-41-66(42-54-72)103-84-90-96-109(103)78(117-84)60-29-17-6-18-30-60)111(119-68-45-33-62(34-46-68)99-80-86-92-105(99)74(113-80)56-21-9-2-10-22-56)125(110)121-70-49-37-64(38-50-70)101-82-88-94-107(101)76(115-82)58-25-13-4-14-26-58/h1-54,73-84H. The maximum Gasteiger partial charge on any atom is 0.447 e. The average molecular weight is 1740 g/mol. The van der Waals surface area contributed by atoms with Crippen LogP contribution in [0.5, 0.6) is 34.5 Å². The highest BCUT2D eigenvalue weighted by Gasteiger charge is 2.60.